The van der Waals surface area contributed by atoms with Gasteiger partial charge in [0.15, 0.2) is 0 Å². The van der Waals surface area contributed by atoms with Crippen molar-refractivity contribution in [1.82, 2.24) is 19.9 Å². The maximum atomic E-state index is 12.8. The van der Waals surface area contributed by atoms with Crippen LogP contribution in [0.4, 0.5) is 5.82 Å². The minimum absolute atomic E-state index is 0.0357. The summed E-state index contributed by atoms with van der Waals surface area (Å²) < 4.78 is 11.3. The lowest BCUT2D eigenvalue weighted by molar-refractivity contribution is -0.146. The molecular weight excluding hydrogens is 482 g/mol. The summed E-state index contributed by atoms with van der Waals surface area (Å²) in [5.41, 5.74) is 6.77. The van der Waals surface area contributed by atoms with Gasteiger partial charge in [-0.2, -0.15) is 0 Å². The van der Waals surface area contributed by atoms with Crippen molar-refractivity contribution < 1.29 is 29.0 Å². The fraction of sp³-hybridized carbons (Fsp3) is 0.400. The molecule has 0 bridgehead atoms. The number of amides is 1. The van der Waals surface area contributed by atoms with E-state index >= 15 is 0 Å². The van der Waals surface area contributed by atoms with Crippen molar-refractivity contribution in [3.63, 3.8) is 0 Å². The molecule has 2 heterocycles. The van der Waals surface area contributed by atoms with Gasteiger partial charge in [0.2, 0.25) is 0 Å². The van der Waals surface area contributed by atoms with E-state index in [0.29, 0.717) is 22.4 Å². The molecule has 2 atom stereocenters. The number of benzene rings is 1. The van der Waals surface area contributed by atoms with Crippen LogP contribution in [0.2, 0.25) is 0 Å². The number of carbonyl (C=O) groups excluding carboxylic acids is 3. The maximum absolute atomic E-state index is 12.8. The Bertz CT molecular complexity index is 1300. The summed E-state index contributed by atoms with van der Waals surface area (Å²) in [5, 5.41) is 12.9. The Labute approximate surface area is 212 Å². The molecule has 198 valence electrons. The number of rotatable bonds is 12. The fourth-order valence-corrected chi connectivity index (χ4v) is 3.83. The lowest BCUT2D eigenvalue weighted by Gasteiger charge is -2.18. The van der Waals surface area contributed by atoms with E-state index in [0.717, 1.165) is 0 Å². The van der Waals surface area contributed by atoms with Gasteiger partial charge in [0, 0.05) is 24.4 Å². The molecule has 12 nitrogen and oxygen atoms in total. The molecule has 1 amide bonds. The minimum Gasteiger partial charge on any atom is -0.466 e. The zero-order chi connectivity index (χ0) is 26.9. The summed E-state index contributed by atoms with van der Waals surface area (Å²) in [6, 6.07) is 6.94. The van der Waals surface area contributed by atoms with Crippen LogP contribution in [0.1, 0.15) is 48.5 Å². The monoisotopic (exact) mass is 513 g/mol. The number of anilines is 1. The number of aliphatic hydroxyl groups is 1. The van der Waals surface area contributed by atoms with Gasteiger partial charge < -0.3 is 30.6 Å². The number of aliphatic hydroxyl groups excluding tert-OH is 1. The van der Waals surface area contributed by atoms with Crippen LogP contribution in [-0.4, -0.2) is 63.3 Å². The van der Waals surface area contributed by atoms with Crippen LogP contribution in [0, 0.1) is 0 Å². The maximum Gasteiger partial charge on any atom is 0.328 e. The predicted molar refractivity (Wildman–Crippen MR) is 135 cm³/mol. The smallest absolute Gasteiger partial charge is 0.328 e. The molecule has 0 aliphatic rings. The number of ether oxygens (including phenoxy) is 2. The molecule has 0 saturated carbocycles. The molecule has 2 aromatic heterocycles. The Morgan fingerprint density at radius 1 is 1.16 bits per heavy atom. The number of nitrogens with two attached hydrogens (primary N) is 1. The molecule has 1 unspecified atom stereocenters. The Kier molecular flexibility index (Phi) is 9.39. The standard InChI is InChI=1S/C25H31N5O7/c1-3-36-21(32)10-9-19(25(35)37-4-2)28-23(33)16-7-5-15(6-8-16)17(13-31)12-30-14-27-22-18(24(30)34)11-20(26)29-22/h5-8,11,14,17,19,29,31H,3-4,9-10,12-13,26H2,1-2H3,(H,28,33)/t17?,19-/m0/s1. The number of fused-ring (bicyclic) bond motifs is 1. The lowest BCUT2D eigenvalue weighted by Crippen LogP contribution is -2.42. The van der Waals surface area contributed by atoms with Gasteiger partial charge in [-0.15, -0.1) is 0 Å². The van der Waals surface area contributed by atoms with Gasteiger partial charge in [-0.1, -0.05) is 12.1 Å². The zero-order valence-corrected chi connectivity index (χ0v) is 20.7. The number of nitrogen functional groups attached to an aromatic ring is 1. The van der Waals surface area contributed by atoms with E-state index in [1.165, 1.54) is 17.0 Å². The molecule has 0 radical (unpaired) electrons. The molecule has 1 aromatic carbocycles. The minimum atomic E-state index is -1.02. The summed E-state index contributed by atoms with van der Waals surface area (Å²) >= 11 is 0. The van der Waals surface area contributed by atoms with Gasteiger partial charge in [0.05, 0.1) is 31.5 Å². The van der Waals surface area contributed by atoms with Crippen molar-refractivity contribution in [3.8, 4) is 0 Å². The van der Waals surface area contributed by atoms with Crippen molar-refractivity contribution >= 4 is 34.7 Å². The number of hydrogen-bond acceptors (Lipinski definition) is 9. The molecule has 0 aliphatic carbocycles. The highest BCUT2D eigenvalue weighted by Gasteiger charge is 2.24. The van der Waals surface area contributed by atoms with E-state index in [2.05, 4.69) is 15.3 Å². The molecule has 0 aliphatic heterocycles. The summed E-state index contributed by atoms with van der Waals surface area (Å²) in [6.45, 7) is 3.59. The largest absolute Gasteiger partial charge is 0.466 e. The molecule has 0 spiro atoms. The van der Waals surface area contributed by atoms with Gasteiger partial charge in [-0.25, -0.2) is 9.78 Å². The van der Waals surface area contributed by atoms with E-state index in [4.69, 9.17) is 15.2 Å². The number of H-pyrrole nitrogens is 1. The van der Waals surface area contributed by atoms with Crippen LogP contribution in [0.5, 0.6) is 0 Å². The van der Waals surface area contributed by atoms with Crippen molar-refractivity contribution in [2.75, 3.05) is 25.6 Å². The van der Waals surface area contributed by atoms with Crippen LogP contribution in [0.25, 0.3) is 11.0 Å². The second-order valence-corrected chi connectivity index (χ2v) is 8.31. The first-order valence-corrected chi connectivity index (χ1v) is 11.9. The lowest BCUT2D eigenvalue weighted by atomic mass is 9.98. The first-order chi connectivity index (χ1) is 17.8. The highest BCUT2D eigenvalue weighted by molar-refractivity contribution is 5.96. The van der Waals surface area contributed by atoms with Gasteiger partial charge in [-0.05, 0) is 44.0 Å². The van der Waals surface area contributed by atoms with Gasteiger partial charge in [0.25, 0.3) is 11.5 Å². The van der Waals surface area contributed by atoms with Crippen molar-refractivity contribution in [1.29, 1.82) is 0 Å². The molecular formula is C25H31N5O7. The van der Waals surface area contributed by atoms with E-state index in [-0.39, 0.29) is 50.3 Å². The third-order valence-electron chi connectivity index (χ3n) is 5.74. The number of aromatic nitrogens is 3. The second-order valence-electron chi connectivity index (χ2n) is 8.31. The van der Waals surface area contributed by atoms with E-state index in [9.17, 15) is 24.3 Å². The summed E-state index contributed by atoms with van der Waals surface area (Å²) in [6.07, 6.45) is 1.37. The van der Waals surface area contributed by atoms with Gasteiger partial charge in [-0.3, -0.25) is 19.0 Å². The second kappa shape index (κ2) is 12.7. The van der Waals surface area contributed by atoms with Crippen molar-refractivity contribution in [2.45, 2.75) is 45.2 Å². The first kappa shape index (κ1) is 27.4. The summed E-state index contributed by atoms with van der Waals surface area (Å²) in [4.78, 5) is 56.5. The topological polar surface area (TPSA) is 179 Å². The van der Waals surface area contributed by atoms with Crippen molar-refractivity contribution in [3.05, 3.63) is 58.1 Å². The van der Waals surface area contributed by atoms with Gasteiger partial charge in [0.1, 0.15) is 17.5 Å². The molecule has 37 heavy (non-hydrogen) atoms. The van der Waals surface area contributed by atoms with Crippen LogP contribution in [-0.2, 0) is 25.6 Å². The average molecular weight is 514 g/mol. The Balaban J connectivity index is 1.70. The normalized spacial score (nSPS) is 12.6. The molecule has 3 rings (SSSR count). The Morgan fingerprint density at radius 3 is 2.51 bits per heavy atom. The third-order valence-corrected chi connectivity index (χ3v) is 5.74. The van der Waals surface area contributed by atoms with E-state index < -0.39 is 29.8 Å². The third kappa shape index (κ3) is 6.94. The average Bonchev–Trinajstić information content (AvgIpc) is 3.27. The Morgan fingerprint density at radius 2 is 1.86 bits per heavy atom. The molecule has 0 saturated heterocycles. The fourth-order valence-electron chi connectivity index (χ4n) is 3.83. The van der Waals surface area contributed by atoms with Crippen LogP contribution >= 0.6 is 0 Å². The summed E-state index contributed by atoms with van der Waals surface area (Å²) in [7, 11) is 0. The number of esters is 2. The number of nitrogens with zero attached hydrogens (tertiary/aromatic N) is 2. The molecule has 12 heteroatoms. The molecule has 0 fully saturated rings. The van der Waals surface area contributed by atoms with Crippen LogP contribution in [0.3, 0.4) is 0 Å². The molecule has 5 N–H and O–H groups in total. The molecule has 3 aromatic rings. The van der Waals surface area contributed by atoms with E-state index in [1.807, 2.05) is 0 Å². The number of aromatic amines is 1. The Hall–Kier alpha value is -4.19. The SMILES string of the molecule is CCOC(=O)CC[C@H](NC(=O)c1ccc(C(CO)Cn2cnc3[nH]c(N)cc3c2=O)cc1)C(=O)OCC. The van der Waals surface area contributed by atoms with Gasteiger partial charge >= 0.3 is 11.9 Å². The summed E-state index contributed by atoms with van der Waals surface area (Å²) in [5.74, 6) is -1.75. The number of nitrogens with one attached hydrogen (secondary N) is 2. The highest BCUT2D eigenvalue weighted by Crippen LogP contribution is 2.19. The number of hydrogen-bond donors (Lipinski definition) is 4. The number of carbonyl (C=O) groups is 3. The van der Waals surface area contributed by atoms with Crippen LogP contribution < -0.4 is 16.6 Å². The highest BCUT2D eigenvalue weighted by atomic mass is 16.5. The van der Waals surface area contributed by atoms with E-state index in [1.54, 1.807) is 38.1 Å². The quantitative estimate of drug-likeness (QED) is 0.258. The van der Waals surface area contributed by atoms with Crippen molar-refractivity contribution in [2.24, 2.45) is 0 Å². The zero-order valence-electron chi connectivity index (χ0n) is 20.7. The predicted octanol–water partition coefficient (Wildman–Crippen LogP) is 1.09. The van der Waals surface area contributed by atoms with Crippen LogP contribution in [0.15, 0.2) is 41.5 Å². The first-order valence-electron chi connectivity index (χ1n) is 11.9.